The molecule has 2 aromatic carbocycles. The lowest BCUT2D eigenvalue weighted by molar-refractivity contribution is -0.119. The summed E-state index contributed by atoms with van der Waals surface area (Å²) in [6, 6.07) is 16.7. The van der Waals surface area contributed by atoms with Crippen LogP contribution in [-0.4, -0.2) is 16.9 Å². The molecule has 0 radical (unpaired) electrons. The van der Waals surface area contributed by atoms with Crippen molar-refractivity contribution < 1.29 is 9.59 Å². The fourth-order valence-corrected chi connectivity index (χ4v) is 2.99. The second-order valence-corrected chi connectivity index (χ2v) is 7.02. The van der Waals surface area contributed by atoms with Gasteiger partial charge in [0.05, 0.1) is 17.3 Å². The third-order valence-corrected chi connectivity index (χ3v) is 4.53. The van der Waals surface area contributed by atoms with Crippen LogP contribution in [0.25, 0.3) is 0 Å². The molecule has 2 aromatic rings. The molecule has 2 amide bonds. The van der Waals surface area contributed by atoms with Crippen LogP contribution in [0.15, 0.2) is 54.6 Å². The van der Waals surface area contributed by atoms with E-state index in [9.17, 15) is 9.59 Å². The van der Waals surface area contributed by atoms with Gasteiger partial charge in [-0.15, -0.1) is 0 Å². The Bertz CT molecular complexity index is 808. The molecule has 0 aliphatic heterocycles. The predicted octanol–water partition coefficient (Wildman–Crippen LogP) is 4.57. The van der Waals surface area contributed by atoms with E-state index in [0.717, 1.165) is 24.8 Å². The average molecular weight is 398 g/mol. The summed E-state index contributed by atoms with van der Waals surface area (Å²) in [7, 11) is 0. The Hall–Kier alpha value is -2.73. The number of nitrogens with one attached hydrogen (secondary N) is 3. The summed E-state index contributed by atoms with van der Waals surface area (Å²) in [4.78, 5) is 24.7. The first kappa shape index (κ1) is 21.6. The Kier molecular flexibility index (Phi) is 8.62. The zero-order chi connectivity index (χ0) is 20.4. The maximum Gasteiger partial charge on any atom is 0.253 e. The van der Waals surface area contributed by atoms with Crippen molar-refractivity contribution >= 4 is 34.8 Å². The molecule has 3 N–H and O–H groups in total. The molecule has 148 valence electrons. The number of benzene rings is 2. The minimum atomic E-state index is -0.212. The van der Waals surface area contributed by atoms with Crippen molar-refractivity contribution in [2.75, 3.05) is 5.32 Å². The van der Waals surface area contributed by atoms with Gasteiger partial charge in [0.2, 0.25) is 5.91 Å². The van der Waals surface area contributed by atoms with Gasteiger partial charge in [-0.2, -0.15) is 0 Å². The number of hydrogen-bond donors (Lipinski definition) is 3. The van der Waals surface area contributed by atoms with Crippen LogP contribution in [0, 0.1) is 0 Å². The molecule has 1 atom stereocenters. The number of thiocarbonyl (C=S) groups is 1. The van der Waals surface area contributed by atoms with Crippen LogP contribution < -0.4 is 16.0 Å². The zero-order valence-electron chi connectivity index (χ0n) is 16.3. The number of unbranched alkanes of at least 4 members (excludes halogenated alkanes) is 2. The lowest BCUT2D eigenvalue weighted by atomic mass is 10.1. The molecule has 0 fully saturated rings. The lowest BCUT2D eigenvalue weighted by Gasteiger charge is -2.17. The first-order valence-electron chi connectivity index (χ1n) is 9.57. The molecule has 0 spiro atoms. The maximum absolute atomic E-state index is 12.7. The zero-order valence-corrected chi connectivity index (χ0v) is 17.1. The monoisotopic (exact) mass is 397 g/mol. The van der Waals surface area contributed by atoms with Gasteiger partial charge < -0.3 is 16.0 Å². The Morgan fingerprint density at radius 1 is 1.00 bits per heavy atom. The van der Waals surface area contributed by atoms with E-state index < -0.39 is 0 Å². The fourth-order valence-electron chi connectivity index (χ4n) is 2.77. The van der Waals surface area contributed by atoms with Crippen molar-refractivity contribution in [3.05, 3.63) is 65.7 Å². The Labute approximate surface area is 171 Å². The summed E-state index contributed by atoms with van der Waals surface area (Å²) in [6.07, 6.45) is 3.34. The van der Waals surface area contributed by atoms with Crippen LogP contribution in [0.2, 0.25) is 0 Å². The molecule has 0 heterocycles. The van der Waals surface area contributed by atoms with Crippen molar-refractivity contribution in [3.8, 4) is 0 Å². The fraction of sp³-hybridized carbons (Fsp3) is 0.318. The van der Waals surface area contributed by atoms with Gasteiger partial charge in [-0.3, -0.25) is 9.59 Å². The molecule has 0 aliphatic carbocycles. The molecule has 0 saturated carbocycles. The number of amides is 2. The first-order chi connectivity index (χ1) is 13.5. The Morgan fingerprint density at radius 2 is 1.68 bits per heavy atom. The smallest absolute Gasteiger partial charge is 0.253 e. The SMILES string of the molecule is CCCCCC(=O)NC(=S)Nc1ccccc1C(=O)N[C@@H](C)c1ccccc1. The predicted molar refractivity (Wildman–Crippen MR) is 117 cm³/mol. The van der Waals surface area contributed by atoms with Crippen LogP contribution >= 0.6 is 12.2 Å². The van der Waals surface area contributed by atoms with E-state index >= 15 is 0 Å². The molecular formula is C22H27N3O2S. The van der Waals surface area contributed by atoms with Crippen LogP contribution in [-0.2, 0) is 4.79 Å². The highest BCUT2D eigenvalue weighted by Gasteiger charge is 2.15. The van der Waals surface area contributed by atoms with E-state index in [4.69, 9.17) is 12.2 Å². The minimum Gasteiger partial charge on any atom is -0.345 e. The molecule has 5 nitrogen and oxygen atoms in total. The Balaban J connectivity index is 1.99. The summed E-state index contributed by atoms with van der Waals surface area (Å²) in [5, 5.41) is 8.82. The van der Waals surface area contributed by atoms with Crippen LogP contribution in [0.1, 0.15) is 61.5 Å². The molecule has 2 rings (SSSR count). The van der Waals surface area contributed by atoms with E-state index in [1.54, 1.807) is 18.2 Å². The second kappa shape index (κ2) is 11.2. The molecule has 0 saturated heterocycles. The molecule has 6 heteroatoms. The summed E-state index contributed by atoms with van der Waals surface area (Å²) in [5.41, 5.74) is 2.04. The highest BCUT2D eigenvalue weighted by Crippen LogP contribution is 2.18. The summed E-state index contributed by atoms with van der Waals surface area (Å²) in [5.74, 6) is -0.331. The third-order valence-electron chi connectivity index (χ3n) is 4.33. The number of carbonyl (C=O) groups is 2. The van der Waals surface area contributed by atoms with Gasteiger partial charge in [-0.25, -0.2) is 0 Å². The van der Waals surface area contributed by atoms with Gasteiger partial charge in [0.15, 0.2) is 5.11 Å². The van der Waals surface area contributed by atoms with Crippen LogP contribution in [0.3, 0.4) is 0 Å². The van der Waals surface area contributed by atoms with E-state index in [2.05, 4.69) is 22.9 Å². The Morgan fingerprint density at radius 3 is 2.39 bits per heavy atom. The van der Waals surface area contributed by atoms with Gasteiger partial charge in [0.1, 0.15) is 0 Å². The summed E-state index contributed by atoms with van der Waals surface area (Å²) < 4.78 is 0. The minimum absolute atomic E-state index is 0.120. The lowest BCUT2D eigenvalue weighted by Crippen LogP contribution is -2.35. The second-order valence-electron chi connectivity index (χ2n) is 6.61. The van der Waals surface area contributed by atoms with E-state index in [1.165, 1.54) is 0 Å². The number of anilines is 1. The normalized spacial score (nSPS) is 11.4. The highest BCUT2D eigenvalue weighted by molar-refractivity contribution is 7.80. The van der Waals surface area contributed by atoms with E-state index in [1.807, 2.05) is 43.3 Å². The van der Waals surface area contributed by atoms with Crippen LogP contribution in [0.5, 0.6) is 0 Å². The molecule has 28 heavy (non-hydrogen) atoms. The average Bonchev–Trinajstić information content (AvgIpc) is 2.69. The van der Waals surface area contributed by atoms with Crippen molar-refractivity contribution in [2.24, 2.45) is 0 Å². The summed E-state index contributed by atoms with van der Waals surface area (Å²) >= 11 is 5.23. The van der Waals surface area contributed by atoms with Gasteiger partial charge in [0, 0.05) is 6.42 Å². The van der Waals surface area contributed by atoms with Gasteiger partial charge >= 0.3 is 0 Å². The van der Waals surface area contributed by atoms with Gasteiger partial charge in [0.25, 0.3) is 5.91 Å². The van der Waals surface area contributed by atoms with E-state index in [0.29, 0.717) is 17.7 Å². The van der Waals surface area contributed by atoms with Crippen molar-refractivity contribution in [3.63, 3.8) is 0 Å². The maximum atomic E-state index is 12.7. The third kappa shape index (κ3) is 6.78. The quantitative estimate of drug-likeness (QED) is 0.451. The number of rotatable bonds is 8. The molecular weight excluding hydrogens is 370 g/mol. The molecule has 0 unspecified atom stereocenters. The van der Waals surface area contributed by atoms with Crippen molar-refractivity contribution in [2.45, 2.75) is 45.6 Å². The number of carbonyl (C=O) groups excluding carboxylic acids is 2. The van der Waals surface area contributed by atoms with Crippen molar-refractivity contribution in [1.82, 2.24) is 10.6 Å². The molecule has 0 bridgehead atoms. The molecule has 0 aromatic heterocycles. The van der Waals surface area contributed by atoms with Gasteiger partial charge in [-0.1, -0.05) is 62.2 Å². The van der Waals surface area contributed by atoms with Crippen LogP contribution in [0.4, 0.5) is 5.69 Å². The summed E-state index contributed by atoms with van der Waals surface area (Å²) in [6.45, 7) is 4.02. The first-order valence-corrected chi connectivity index (χ1v) is 9.97. The number of para-hydroxylation sites is 1. The standard InChI is InChI=1S/C22H27N3O2S/c1-3-4-6-15-20(26)25-22(28)24-19-14-10-9-13-18(19)21(27)23-16(2)17-11-7-5-8-12-17/h5,7-14,16H,3-4,6,15H2,1-2H3,(H,23,27)(H2,24,25,26,28)/t16-/m0/s1. The number of hydrogen-bond acceptors (Lipinski definition) is 3. The highest BCUT2D eigenvalue weighted by atomic mass is 32.1. The molecule has 0 aliphatic rings. The van der Waals surface area contributed by atoms with Gasteiger partial charge in [-0.05, 0) is 43.3 Å². The van der Waals surface area contributed by atoms with Crippen molar-refractivity contribution in [1.29, 1.82) is 0 Å². The largest absolute Gasteiger partial charge is 0.345 e. The van der Waals surface area contributed by atoms with E-state index in [-0.39, 0.29) is 23.0 Å². The topological polar surface area (TPSA) is 70.2 Å².